The maximum absolute atomic E-state index is 8.81. The zero-order chi connectivity index (χ0) is 13.0. The zero-order valence-electron chi connectivity index (χ0n) is 9.36. The van der Waals surface area contributed by atoms with E-state index in [1.54, 1.807) is 24.3 Å². The molecule has 0 aromatic heterocycles. The topological polar surface area (TPSA) is 33.0 Å². The fourth-order valence-electron chi connectivity index (χ4n) is 1.47. The number of hydrogen-bond acceptors (Lipinski definition) is 2. The third-order valence-electron chi connectivity index (χ3n) is 2.34. The molecule has 0 aliphatic rings. The molecule has 2 rings (SSSR count). The Kier molecular flexibility index (Phi) is 4.24. The second-order valence-corrected chi connectivity index (χ2v) is 4.61. The molecule has 0 aliphatic carbocycles. The molecule has 90 valence electrons. The van der Waals surface area contributed by atoms with Crippen LogP contribution >= 0.6 is 27.5 Å². The summed E-state index contributed by atoms with van der Waals surface area (Å²) in [5.74, 6) is 1.18. The SMILES string of the molecule is N#Cc1cccc(Oc2ccc(CBr)cc2Cl)c1. The van der Waals surface area contributed by atoms with Crippen LogP contribution in [0.1, 0.15) is 11.1 Å². The Balaban J connectivity index is 2.26. The minimum absolute atomic E-state index is 0.550. The van der Waals surface area contributed by atoms with Gasteiger partial charge in [-0.15, -0.1) is 0 Å². The second-order valence-electron chi connectivity index (χ2n) is 3.64. The maximum Gasteiger partial charge on any atom is 0.146 e. The van der Waals surface area contributed by atoms with Gasteiger partial charge in [-0.25, -0.2) is 0 Å². The summed E-state index contributed by atoms with van der Waals surface area (Å²) in [6.45, 7) is 0. The average Bonchev–Trinajstić information content (AvgIpc) is 2.41. The Bertz CT molecular complexity index is 607. The quantitative estimate of drug-likeness (QED) is 0.753. The lowest BCUT2D eigenvalue weighted by Crippen LogP contribution is -1.87. The van der Waals surface area contributed by atoms with Gasteiger partial charge in [0.1, 0.15) is 11.5 Å². The number of alkyl halides is 1. The number of nitrogens with zero attached hydrogens (tertiary/aromatic N) is 1. The highest BCUT2D eigenvalue weighted by atomic mass is 79.9. The largest absolute Gasteiger partial charge is 0.456 e. The Morgan fingerprint density at radius 3 is 2.72 bits per heavy atom. The molecule has 0 amide bonds. The standard InChI is InChI=1S/C14H9BrClNO/c15-8-10-4-5-14(13(16)7-10)18-12-3-1-2-11(6-12)9-17/h1-7H,8H2. The van der Waals surface area contributed by atoms with Crippen molar-refractivity contribution in [2.24, 2.45) is 0 Å². The lowest BCUT2D eigenvalue weighted by molar-refractivity contribution is 0.482. The number of hydrogen-bond donors (Lipinski definition) is 0. The van der Waals surface area contributed by atoms with Crippen molar-refractivity contribution in [1.82, 2.24) is 0 Å². The highest BCUT2D eigenvalue weighted by molar-refractivity contribution is 9.08. The number of benzene rings is 2. The van der Waals surface area contributed by atoms with Crippen LogP contribution in [0.3, 0.4) is 0 Å². The first kappa shape index (κ1) is 12.9. The van der Waals surface area contributed by atoms with E-state index < -0.39 is 0 Å². The number of halogens is 2. The molecule has 0 heterocycles. The van der Waals surface area contributed by atoms with Crippen molar-refractivity contribution in [1.29, 1.82) is 5.26 Å². The molecule has 0 spiro atoms. The van der Waals surface area contributed by atoms with Crippen LogP contribution < -0.4 is 4.74 Å². The van der Waals surface area contributed by atoms with Gasteiger partial charge in [-0.3, -0.25) is 0 Å². The van der Waals surface area contributed by atoms with Gasteiger partial charge in [0.2, 0.25) is 0 Å². The molecule has 0 N–H and O–H groups in total. The van der Waals surface area contributed by atoms with Crippen LogP contribution in [0.15, 0.2) is 42.5 Å². The van der Waals surface area contributed by atoms with E-state index in [1.807, 2.05) is 18.2 Å². The first-order valence-corrected chi connectivity index (χ1v) is 6.75. The summed E-state index contributed by atoms with van der Waals surface area (Å²) in [5, 5.41) is 10.1. The molecule has 0 aliphatic heterocycles. The number of nitriles is 1. The van der Waals surface area contributed by atoms with Gasteiger partial charge in [0, 0.05) is 5.33 Å². The van der Waals surface area contributed by atoms with Crippen LogP contribution in [0.2, 0.25) is 5.02 Å². The van der Waals surface area contributed by atoms with Gasteiger partial charge in [0.25, 0.3) is 0 Å². The van der Waals surface area contributed by atoms with Crippen molar-refractivity contribution >= 4 is 27.5 Å². The first-order chi connectivity index (χ1) is 8.72. The summed E-state index contributed by atoms with van der Waals surface area (Å²) >= 11 is 9.49. The highest BCUT2D eigenvalue weighted by Crippen LogP contribution is 2.30. The Morgan fingerprint density at radius 2 is 2.06 bits per heavy atom. The van der Waals surface area contributed by atoms with E-state index in [2.05, 4.69) is 22.0 Å². The van der Waals surface area contributed by atoms with Crippen LogP contribution in [0.4, 0.5) is 0 Å². The lowest BCUT2D eigenvalue weighted by Gasteiger charge is -2.08. The third-order valence-corrected chi connectivity index (χ3v) is 3.28. The normalized spacial score (nSPS) is 9.83. The number of rotatable bonds is 3. The van der Waals surface area contributed by atoms with Crippen LogP contribution in [0.25, 0.3) is 0 Å². The maximum atomic E-state index is 8.81. The Hall–Kier alpha value is -1.50. The molecule has 0 fully saturated rings. The van der Waals surface area contributed by atoms with Crippen molar-refractivity contribution in [2.45, 2.75) is 5.33 Å². The summed E-state index contributed by atoms with van der Waals surface area (Å²) < 4.78 is 5.65. The fourth-order valence-corrected chi connectivity index (χ4v) is 2.06. The molecular formula is C14H9BrClNO. The first-order valence-electron chi connectivity index (χ1n) is 5.25. The highest BCUT2D eigenvalue weighted by Gasteiger charge is 2.04. The van der Waals surface area contributed by atoms with Gasteiger partial charge in [-0.05, 0) is 35.9 Å². The van der Waals surface area contributed by atoms with Gasteiger partial charge in [-0.1, -0.05) is 39.7 Å². The van der Waals surface area contributed by atoms with E-state index in [9.17, 15) is 0 Å². The molecule has 0 radical (unpaired) electrons. The van der Waals surface area contributed by atoms with Gasteiger partial charge in [0.05, 0.1) is 16.7 Å². The van der Waals surface area contributed by atoms with E-state index in [4.69, 9.17) is 21.6 Å². The molecule has 2 nitrogen and oxygen atoms in total. The summed E-state index contributed by atoms with van der Waals surface area (Å²) in [5.41, 5.74) is 1.64. The molecule has 4 heteroatoms. The fraction of sp³-hybridized carbons (Fsp3) is 0.0714. The summed E-state index contributed by atoms with van der Waals surface area (Å²) in [6.07, 6.45) is 0. The van der Waals surface area contributed by atoms with E-state index in [0.29, 0.717) is 22.1 Å². The minimum Gasteiger partial charge on any atom is -0.456 e. The monoisotopic (exact) mass is 321 g/mol. The summed E-state index contributed by atoms with van der Waals surface area (Å²) in [4.78, 5) is 0. The molecular weight excluding hydrogens is 314 g/mol. The van der Waals surface area contributed by atoms with Gasteiger partial charge < -0.3 is 4.74 Å². The molecule has 2 aromatic carbocycles. The van der Waals surface area contributed by atoms with Crippen LogP contribution in [-0.4, -0.2) is 0 Å². The van der Waals surface area contributed by atoms with Gasteiger partial charge >= 0.3 is 0 Å². The van der Waals surface area contributed by atoms with Crippen molar-refractivity contribution in [3.05, 3.63) is 58.6 Å². The van der Waals surface area contributed by atoms with Crippen molar-refractivity contribution in [2.75, 3.05) is 0 Å². The molecule has 2 aromatic rings. The predicted molar refractivity (Wildman–Crippen MR) is 75.3 cm³/mol. The van der Waals surface area contributed by atoms with E-state index in [0.717, 1.165) is 10.9 Å². The molecule has 0 atom stereocenters. The van der Waals surface area contributed by atoms with E-state index in [-0.39, 0.29) is 0 Å². The lowest BCUT2D eigenvalue weighted by atomic mass is 10.2. The number of ether oxygens (including phenoxy) is 1. The van der Waals surface area contributed by atoms with Crippen molar-refractivity contribution in [3.63, 3.8) is 0 Å². The van der Waals surface area contributed by atoms with Gasteiger partial charge in [-0.2, -0.15) is 5.26 Å². The molecule has 0 saturated heterocycles. The predicted octanol–water partition coefficient (Wildman–Crippen LogP) is 4.90. The molecule has 0 bridgehead atoms. The molecule has 18 heavy (non-hydrogen) atoms. The van der Waals surface area contributed by atoms with Gasteiger partial charge in [0.15, 0.2) is 0 Å². The third kappa shape index (κ3) is 3.04. The molecule has 0 saturated carbocycles. The molecule has 0 unspecified atom stereocenters. The van der Waals surface area contributed by atoms with Crippen LogP contribution in [0, 0.1) is 11.3 Å². The second kappa shape index (κ2) is 5.90. The van der Waals surface area contributed by atoms with Crippen LogP contribution in [-0.2, 0) is 5.33 Å². The zero-order valence-corrected chi connectivity index (χ0v) is 11.7. The minimum atomic E-state index is 0.550. The van der Waals surface area contributed by atoms with E-state index in [1.165, 1.54) is 0 Å². The van der Waals surface area contributed by atoms with Crippen molar-refractivity contribution in [3.8, 4) is 17.6 Å². The summed E-state index contributed by atoms with van der Waals surface area (Å²) in [6, 6.07) is 14.6. The van der Waals surface area contributed by atoms with Crippen molar-refractivity contribution < 1.29 is 4.74 Å². The van der Waals surface area contributed by atoms with E-state index >= 15 is 0 Å². The average molecular weight is 323 g/mol. The summed E-state index contributed by atoms with van der Waals surface area (Å²) in [7, 11) is 0. The Morgan fingerprint density at radius 1 is 1.22 bits per heavy atom. The van der Waals surface area contributed by atoms with Crippen LogP contribution in [0.5, 0.6) is 11.5 Å². The Labute approximate surface area is 119 Å². The smallest absolute Gasteiger partial charge is 0.146 e.